The van der Waals surface area contributed by atoms with Gasteiger partial charge in [-0.3, -0.25) is 0 Å². The van der Waals surface area contributed by atoms with Gasteiger partial charge in [0, 0.05) is 0 Å². The lowest BCUT2D eigenvalue weighted by molar-refractivity contribution is 0.206. The van der Waals surface area contributed by atoms with Gasteiger partial charge in [0.25, 0.3) is 0 Å². The Morgan fingerprint density at radius 2 is 2.13 bits per heavy atom. The Labute approximate surface area is 111 Å². The maximum absolute atomic E-state index is 5.03. The van der Waals surface area contributed by atoms with E-state index < -0.39 is 0 Å². The van der Waals surface area contributed by atoms with E-state index in [1.165, 1.54) is 18.6 Å². The fraction of sp³-hybridized carbons (Fsp3) is 0.909. The quantitative estimate of drug-likeness (QED) is 0.434. The van der Waals surface area contributed by atoms with E-state index in [1.54, 1.807) is 7.11 Å². The summed E-state index contributed by atoms with van der Waals surface area (Å²) in [5.74, 6) is 0.659. The minimum atomic E-state index is 0.115. The summed E-state index contributed by atoms with van der Waals surface area (Å²) in [6.45, 7) is 6.85. The highest BCUT2D eigenvalue weighted by Gasteiger charge is 2.48. The van der Waals surface area contributed by atoms with Gasteiger partial charge in [-0.2, -0.15) is 11.8 Å². The molecule has 0 aromatic rings. The SMILES string of the molecule is CO/N=C1\C(C)(SC)CCC(C)C1(C)I. The van der Waals surface area contributed by atoms with Crippen LogP contribution in [-0.2, 0) is 4.84 Å². The zero-order valence-corrected chi connectivity index (χ0v) is 13.1. The lowest BCUT2D eigenvalue weighted by atomic mass is 9.74. The molecule has 4 heteroatoms. The van der Waals surface area contributed by atoms with Gasteiger partial charge in [-0.05, 0) is 38.9 Å². The molecule has 1 aliphatic rings. The predicted molar refractivity (Wildman–Crippen MR) is 77.2 cm³/mol. The fourth-order valence-electron chi connectivity index (χ4n) is 2.11. The standard InChI is InChI=1S/C11H20INOS/c1-8-6-7-10(2,15-5)9(13-14-4)11(8,3)12/h8H,6-7H2,1-5H3/b13-9+. The van der Waals surface area contributed by atoms with Crippen LogP contribution in [0.1, 0.15) is 33.6 Å². The summed E-state index contributed by atoms with van der Waals surface area (Å²) in [5.41, 5.74) is 1.20. The van der Waals surface area contributed by atoms with Crippen molar-refractivity contribution >= 4 is 40.1 Å². The van der Waals surface area contributed by atoms with Gasteiger partial charge >= 0.3 is 0 Å². The third-order valence-corrected chi connectivity index (χ3v) is 6.45. The third-order valence-electron chi connectivity index (χ3n) is 3.58. The zero-order chi connectivity index (χ0) is 11.7. The minimum absolute atomic E-state index is 0.115. The van der Waals surface area contributed by atoms with Crippen molar-refractivity contribution in [1.29, 1.82) is 0 Å². The second-order valence-corrected chi connectivity index (χ2v) is 8.12. The largest absolute Gasteiger partial charge is 0.399 e. The number of alkyl halides is 1. The lowest BCUT2D eigenvalue weighted by Gasteiger charge is -2.45. The molecule has 0 aromatic heterocycles. The molecule has 0 aromatic carbocycles. The number of halogens is 1. The summed E-state index contributed by atoms with van der Waals surface area (Å²) >= 11 is 4.41. The maximum atomic E-state index is 5.03. The molecule has 0 N–H and O–H groups in total. The number of rotatable bonds is 2. The second-order valence-electron chi connectivity index (χ2n) is 4.57. The Bertz CT molecular complexity index is 261. The van der Waals surface area contributed by atoms with Crippen molar-refractivity contribution in [3.05, 3.63) is 0 Å². The van der Waals surface area contributed by atoms with Gasteiger partial charge in [0.2, 0.25) is 0 Å². The van der Waals surface area contributed by atoms with Crippen molar-refractivity contribution in [2.24, 2.45) is 11.1 Å². The monoisotopic (exact) mass is 341 g/mol. The van der Waals surface area contributed by atoms with Crippen LogP contribution in [0.2, 0.25) is 0 Å². The molecule has 1 fully saturated rings. The molecule has 0 aliphatic heterocycles. The van der Waals surface area contributed by atoms with Gasteiger partial charge < -0.3 is 4.84 Å². The minimum Gasteiger partial charge on any atom is -0.399 e. The summed E-state index contributed by atoms with van der Waals surface area (Å²) in [5, 5.41) is 4.30. The van der Waals surface area contributed by atoms with Gasteiger partial charge in [0.05, 0.1) is 13.9 Å². The fourth-order valence-corrected chi connectivity index (χ4v) is 4.06. The van der Waals surface area contributed by atoms with E-state index in [0.29, 0.717) is 5.92 Å². The van der Waals surface area contributed by atoms with Crippen LogP contribution in [-0.4, -0.2) is 27.2 Å². The smallest absolute Gasteiger partial charge is 0.106 e. The highest BCUT2D eigenvalue weighted by atomic mass is 127. The van der Waals surface area contributed by atoms with Gasteiger partial charge in [-0.1, -0.05) is 34.7 Å². The Hall–Kier alpha value is 0.550. The van der Waals surface area contributed by atoms with Crippen LogP contribution in [0, 0.1) is 5.92 Å². The second kappa shape index (κ2) is 4.82. The van der Waals surface area contributed by atoms with Gasteiger partial charge in [-0.15, -0.1) is 0 Å². The van der Waals surface area contributed by atoms with Crippen LogP contribution in [0.15, 0.2) is 5.16 Å². The van der Waals surface area contributed by atoms with Crippen molar-refractivity contribution in [1.82, 2.24) is 0 Å². The van der Waals surface area contributed by atoms with E-state index in [1.807, 2.05) is 11.8 Å². The molecule has 1 rings (SSSR count). The van der Waals surface area contributed by atoms with Crippen LogP contribution < -0.4 is 0 Å². The Morgan fingerprint density at radius 3 is 2.60 bits per heavy atom. The van der Waals surface area contributed by atoms with Gasteiger partial charge in [-0.25, -0.2) is 0 Å². The summed E-state index contributed by atoms with van der Waals surface area (Å²) in [4.78, 5) is 5.03. The molecule has 0 spiro atoms. The van der Waals surface area contributed by atoms with Gasteiger partial charge in [0.1, 0.15) is 7.11 Å². The number of thioether (sulfide) groups is 1. The highest BCUT2D eigenvalue weighted by molar-refractivity contribution is 14.1. The molecular formula is C11H20INOS. The number of oxime groups is 1. The molecule has 0 bridgehead atoms. The highest BCUT2D eigenvalue weighted by Crippen LogP contribution is 2.47. The summed E-state index contributed by atoms with van der Waals surface area (Å²) < 4.78 is 0.252. The van der Waals surface area contributed by atoms with Crippen molar-refractivity contribution in [2.75, 3.05) is 13.4 Å². The summed E-state index contributed by atoms with van der Waals surface area (Å²) in [6.07, 6.45) is 4.61. The lowest BCUT2D eigenvalue weighted by Crippen LogP contribution is -2.52. The van der Waals surface area contributed by atoms with Crippen LogP contribution in [0.5, 0.6) is 0 Å². The third kappa shape index (κ3) is 2.46. The van der Waals surface area contributed by atoms with E-state index >= 15 is 0 Å². The molecule has 2 nitrogen and oxygen atoms in total. The molecule has 3 unspecified atom stereocenters. The average Bonchev–Trinajstić information content (AvgIpc) is 2.20. The van der Waals surface area contributed by atoms with Crippen LogP contribution >= 0.6 is 34.4 Å². The summed E-state index contributed by atoms with van der Waals surface area (Å²) in [6, 6.07) is 0. The molecular weight excluding hydrogens is 321 g/mol. The molecule has 0 amide bonds. The summed E-state index contributed by atoms with van der Waals surface area (Å²) in [7, 11) is 1.64. The van der Waals surface area contributed by atoms with Crippen molar-refractivity contribution < 1.29 is 4.84 Å². The topological polar surface area (TPSA) is 21.6 Å². The molecule has 0 radical (unpaired) electrons. The molecule has 15 heavy (non-hydrogen) atoms. The van der Waals surface area contributed by atoms with E-state index in [4.69, 9.17) is 4.84 Å². The van der Waals surface area contributed by atoms with Crippen LogP contribution in [0.3, 0.4) is 0 Å². The van der Waals surface area contributed by atoms with Crippen LogP contribution in [0.4, 0.5) is 0 Å². The van der Waals surface area contributed by atoms with Gasteiger partial charge in [0.15, 0.2) is 0 Å². The van der Waals surface area contributed by atoms with E-state index in [0.717, 1.165) is 0 Å². The maximum Gasteiger partial charge on any atom is 0.106 e. The number of hydrogen-bond donors (Lipinski definition) is 0. The first-order valence-electron chi connectivity index (χ1n) is 5.24. The van der Waals surface area contributed by atoms with Crippen LogP contribution in [0.25, 0.3) is 0 Å². The molecule has 1 saturated carbocycles. The average molecular weight is 341 g/mol. The predicted octanol–water partition coefficient (Wildman–Crippen LogP) is 3.73. The van der Waals surface area contributed by atoms with Crippen molar-refractivity contribution in [3.63, 3.8) is 0 Å². The van der Waals surface area contributed by atoms with Crippen molar-refractivity contribution in [3.8, 4) is 0 Å². The molecule has 0 heterocycles. The normalized spacial score (nSPS) is 44.4. The first-order chi connectivity index (χ1) is 6.88. The van der Waals surface area contributed by atoms with E-state index in [2.05, 4.69) is 54.8 Å². The van der Waals surface area contributed by atoms with Crippen molar-refractivity contribution in [2.45, 2.75) is 41.8 Å². The zero-order valence-electron chi connectivity index (χ0n) is 10.1. The molecule has 0 saturated heterocycles. The molecule has 1 aliphatic carbocycles. The Morgan fingerprint density at radius 1 is 1.53 bits per heavy atom. The first kappa shape index (κ1) is 13.6. The first-order valence-corrected chi connectivity index (χ1v) is 7.55. The van der Waals surface area contributed by atoms with E-state index in [-0.39, 0.29) is 8.17 Å². The molecule has 88 valence electrons. The Kier molecular flexibility index (Phi) is 4.37. The number of nitrogens with zero attached hydrogens (tertiary/aromatic N) is 1. The van der Waals surface area contributed by atoms with E-state index in [9.17, 15) is 0 Å². The molecule has 3 atom stereocenters. The Balaban J connectivity index is 3.11. The number of hydrogen-bond acceptors (Lipinski definition) is 3.